The van der Waals surface area contributed by atoms with E-state index >= 15 is 0 Å². The van der Waals surface area contributed by atoms with Crippen LogP contribution in [0.3, 0.4) is 0 Å². The minimum absolute atomic E-state index is 0.0178. The molecule has 0 radical (unpaired) electrons. The molecular formula is C20H23F2N3O4. The van der Waals surface area contributed by atoms with Gasteiger partial charge >= 0.3 is 12.6 Å². The van der Waals surface area contributed by atoms with Gasteiger partial charge in [-0.1, -0.05) is 35.9 Å². The van der Waals surface area contributed by atoms with E-state index in [4.69, 9.17) is 10.5 Å². The van der Waals surface area contributed by atoms with Crippen molar-refractivity contribution in [2.45, 2.75) is 32.5 Å². The SMILES string of the molecule is COc1cc(CNC(=O)C[C@H](NC(N)=O)c2cccc(C)c2)ccc1OC(F)F. The van der Waals surface area contributed by atoms with Gasteiger partial charge in [0.2, 0.25) is 5.91 Å². The minimum Gasteiger partial charge on any atom is -0.493 e. The highest BCUT2D eigenvalue weighted by atomic mass is 19.3. The Balaban J connectivity index is 2.02. The lowest BCUT2D eigenvalue weighted by atomic mass is 10.0. The normalized spacial score (nSPS) is 11.6. The number of halogens is 2. The summed E-state index contributed by atoms with van der Waals surface area (Å²) in [4.78, 5) is 23.7. The molecule has 3 amide bonds. The van der Waals surface area contributed by atoms with Crippen molar-refractivity contribution in [1.29, 1.82) is 0 Å². The summed E-state index contributed by atoms with van der Waals surface area (Å²) in [5, 5.41) is 5.29. The fraction of sp³-hybridized carbons (Fsp3) is 0.300. The molecule has 9 heteroatoms. The quantitative estimate of drug-likeness (QED) is 0.595. The number of alkyl halides is 2. The van der Waals surface area contributed by atoms with Gasteiger partial charge in [0.15, 0.2) is 11.5 Å². The highest BCUT2D eigenvalue weighted by Crippen LogP contribution is 2.29. The van der Waals surface area contributed by atoms with Crippen LogP contribution in [0, 0.1) is 6.92 Å². The van der Waals surface area contributed by atoms with Crippen LogP contribution in [0.5, 0.6) is 11.5 Å². The second-order valence-corrected chi connectivity index (χ2v) is 6.32. The Morgan fingerprint density at radius 2 is 1.90 bits per heavy atom. The van der Waals surface area contributed by atoms with Gasteiger partial charge in [-0.3, -0.25) is 4.79 Å². The number of amides is 3. The molecule has 0 aliphatic heterocycles. The van der Waals surface area contributed by atoms with Gasteiger partial charge in [0, 0.05) is 6.54 Å². The van der Waals surface area contributed by atoms with E-state index in [1.807, 2.05) is 25.1 Å². The van der Waals surface area contributed by atoms with Crippen LogP contribution in [0.1, 0.15) is 29.2 Å². The zero-order valence-electron chi connectivity index (χ0n) is 16.1. The first-order valence-electron chi connectivity index (χ1n) is 8.79. The summed E-state index contributed by atoms with van der Waals surface area (Å²) >= 11 is 0. The number of hydrogen-bond acceptors (Lipinski definition) is 4. The lowest BCUT2D eigenvalue weighted by molar-refractivity contribution is -0.121. The number of urea groups is 1. The van der Waals surface area contributed by atoms with E-state index in [1.165, 1.54) is 19.2 Å². The fourth-order valence-electron chi connectivity index (χ4n) is 2.78. The van der Waals surface area contributed by atoms with Gasteiger partial charge in [-0.05, 0) is 30.2 Å². The number of carbonyl (C=O) groups excluding carboxylic acids is 2. The van der Waals surface area contributed by atoms with Crippen LogP contribution in [-0.4, -0.2) is 25.7 Å². The number of carbonyl (C=O) groups is 2. The molecule has 4 N–H and O–H groups in total. The molecule has 156 valence electrons. The number of benzene rings is 2. The van der Waals surface area contributed by atoms with Crippen molar-refractivity contribution in [2.24, 2.45) is 5.73 Å². The molecule has 0 saturated carbocycles. The van der Waals surface area contributed by atoms with E-state index in [0.717, 1.165) is 11.1 Å². The standard InChI is InChI=1S/C20H23F2N3O4/c1-12-4-3-5-14(8-12)15(25-20(23)27)10-18(26)24-11-13-6-7-16(29-19(21)22)17(9-13)28-2/h3-9,15,19H,10-11H2,1-2H3,(H,24,26)(H3,23,25,27)/t15-/m0/s1. The van der Waals surface area contributed by atoms with E-state index in [1.54, 1.807) is 12.1 Å². The number of methoxy groups -OCH3 is 1. The zero-order valence-corrected chi connectivity index (χ0v) is 16.1. The van der Waals surface area contributed by atoms with Gasteiger partial charge in [-0.2, -0.15) is 8.78 Å². The first-order valence-corrected chi connectivity index (χ1v) is 8.79. The van der Waals surface area contributed by atoms with Crippen LogP contribution < -0.4 is 25.8 Å². The predicted molar refractivity (Wildman–Crippen MR) is 103 cm³/mol. The Hall–Kier alpha value is -3.36. The Morgan fingerprint density at radius 1 is 1.14 bits per heavy atom. The first-order chi connectivity index (χ1) is 13.8. The Bertz CT molecular complexity index is 861. The number of ether oxygens (including phenoxy) is 2. The molecule has 29 heavy (non-hydrogen) atoms. The maximum absolute atomic E-state index is 12.4. The summed E-state index contributed by atoms with van der Waals surface area (Å²) < 4.78 is 34.2. The molecule has 0 unspecified atom stereocenters. The molecule has 0 fully saturated rings. The Kier molecular flexibility index (Phi) is 7.76. The van der Waals surface area contributed by atoms with Crippen LogP contribution in [0.2, 0.25) is 0 Å². The van der Waals surface area contributed by atoms with Crippen molar-refractivity contribution in [3.8, 4) is 11.5 Å². The third-order valence-electron chi connectivity index (χ3n) is 4.08. The van der Waals surface area contributed by atoms with Crippen molar-refractivity contribution in [3.05, 3.63) is 59.2 Å². The van der Waals surface area contributed by atoms with Crippen molar-refractivity contribution < 1.29 is 27.8 Å². The monoisotopic (exact) mass is 407 g/mol. The van der Waals surface area contributed by atoms with Crippen LogP contribution in [0.25, 0.3) is 0 Å². The second-order valence-electron chi connectivity index (χ2n) is 6.32. The fourth-order valence-corrected chi connectivity index (χ4v) is 2.78. The average Bonchev–Trinajstić information content (AvgIpc) is 2.66. The molecule has 2 aromatic rings. The molecule has 0 aliphatic carbocycles. The van der Waals surface area contributed by atoms with E-state index in [0.29, 0.717) is 5.56 Å². The first kappa shape index (κ1) is 21.9. The molecule has 2 aromatic carbocycles. The van der Waals surface area contributed by atoms with Gasteiger partial charge < -0.3 is 25.8 Å². The summed E-state index contributed by atoms with van der Waals surface area (Å²) in [5.41, 5.74) is 7.60. The van der Waals surface area contributed by atoms with Gasteiger partial charge in [-0.15, -0.1) is 0 Å². The van der Waals surface area contributed by atoms with Gasteiger partial charge in [-0.25, -0.2) is 4.79 Å². The summed E-state index contributed by atoms with van der Waals surface area (Å²) in [5.74, 6) is -0.287. The average molecular weight is 407 g/mol. The maximum atomic E-state index is 12.4. The van der Waals surface area contributed by atoms with Crippen LogP contribution >= 0.6 is 0 Å². The second kappa shape index (κ2) is 10.3. The highest BCUT2D eigenvalue weighted by Gasteiger charge is 2.18. The van der Waals surface area contributed by atoms with Crippen molar-refractivity contribution in [3.63, 3.8) is 0 Å². The number of hydrogen-bond donors (Lipinski definition) is 3. The molecule has 0 aromatic heterocycles. The van der Waals surface area contributed by atoms with Crippen LogP contribution in [-0.2, 0) is 11.3 Å². The summed E-state index contributed by atoms with van der Waals surface area (Å²) in [6.45, 7) is -0.924. The van der Waals surface area contributed by atoms with Crippen molar-refractivity contribution >= 4 is 11.9 Å². The van der Waals surface area contributed by atoms with E-state index in [-0.39, 0.29) is 30.4 Å². The zero-order chi connectivity index (χ0) is 21.4. The third kappa shape index (κ3) is 6.95. The highest BCUT2D eigenvalue weighted by molar-refractivity contribution is 5.78. The Labute approximate surface area is 167 Å². The molecule has 7 nitrogen and oxygen atoms in total. The topological polar surface area (TPSA) is 103 Å². The van der Waals surface area contributed by atoms with Crippen molar-refractivity contribution in [1.82, 2.24) is 10.6 Å². The molecule has 0 heterocycles. The summed E-state index contributed by atoms with van der Waals surface area (Å²) in [7, 11) is 1.33. The van der Waals surface area contributed by atoms with Crippen molar-refractivity contribution in [2.75, 3.05) is 7.11 Å². The van der Waals surface area contributed by atoms with Gasteiger partial charge in [0.1, 0.15) is 0 Å². The van der Waals surface area contributed by atoms with E-state index in [2.05, 4.69) is 15.4 Å². The molecule has 0 aliphatic rings. The maximum Gasteiger partial charge on any atom is 0.387 e. The van der Waals surface area contributed by atoms with Crippen LogP contribution in [0.15, 0.2) is 42.5 Å². The number of nitrogens with one attached hydrogen (secondary N) is 2. The number of rotatable bonds is 9. The van der Waals surface area contributed by atoms with Gasteiger partial charge in [0.25, 0.3) is 0 Å². The molecule has 1 atom stereocenters. The minimum atomic E-state index is -2.97. The molecule has 2 rings (SSSR count). The lowest BCUT2D eigenvalue weighted by Gasteiger charge is -2.18. The lowest BCUT2D eigenvalue weighted by Crippen LogP contribution is -2.36. The molecule has 0 spiro atoms. The molecule has 0 bridgehead atoms. The smallest absolute Gasteiger partial charge is 0.387 e. The number of nitrogens with two attached hydrogens (primary N) is 1. The Morgan fingerprint density at radius 3 is 2.52 bits per heavy atom. The van der Waals surface area contributed by atoms with E-state index in [9.17, 15) is 18.4 Å². The van der Waals surface area contributed by atoms with Crippen LogP contribution in [0.4, 0.5) is 13.6 Å². The summed E-state index contributed by atoms with van der Waals surface area (Å²) in [6.07, 6.45) is -0.0178. The summed E-state index contributed by atoms with van der Waals surface area (Å²) in [6, 6.07) is 10.5. The third-order valence-corrected chi connectivity index (χ3v) is 4.08. The number of aryl methyl sites for hydroxylation is 1. The predicted octanol–water partition coefficient (Wildman–Crippen LogP) is 3.02. The number of primary amides is 1. The molecule has 0 saturated heterocycles. The largest absolute Gasteiger partial charge is 0.493 e. The molecular weight excluding hydrogens is 384 g/mol. The van der Waals surface area contributed by atoms with Gasteiger partial charge in [0.05, 0.1) is 19.6 Å². The van der Waals surface area contributed by atoms with E-state index < -0.39 is 18.7 Å².